The van der Waals surface area contributed by atoms with E-state index in [1.54, 1.807) is 0 Å². The maximum atomic E-state index is 4.27. The van der Waals surface area contributed by atoms with Crippen LogP contribution in [0.1, 0.15) is 34.6 Å². The van der Waals surface area contributed by atoms with Gasteiger partial charge in [0.2, 0.25) is 0 Å². The topological polar surface area (TPSA) is 12.4 Å². The smallest absolute Gasteiger partial charge is 0.0384 e. The molecule has 0 saturated heterocycles. The molecular weight excluding hydrogens is 122 g/mol. The largest absolute Gasteiger partial charge is 0.263 e. The fraction of sp³-hybridized carbons (Fsp3) is 0.667. The van der Waals surface area contributed by atoms with Gasteiger partial charge in [0, 0.05) is 16.8 Å². The number of hydrogen-bond acceptors (Lipinski definition) is 1. The molecule has 0 aromatic carbocycles. The predicted molar refractivity (Wildman–Crippen MR) is 47.4 cm³/mol. The summed E-state index contributed by atoms with van der Waals surface area (Å²) in [6.07, 6.45) is 0. The Hall–Kier alpha value is -0.590. The van der Waals surface area contributed by atoms with Crippen molar-refractivity contribution < 1.29 is 0 Å². The van der Waals surface area contributed by atoms with Gasteiger partial charge in [0.15, 0.2) is 0 Å². The fourth-order valence-corrected chi connectivity index (χ4v) is 0.438. The second-order valence-corrected chi connectivity index (χ2v) is 3.76. The van der Waals surface area contributed by atoms with E-state index in [9.17, 15) is 0 Å². The van der Waals surface area contributed by atoms with Gasteiger partial charge >= 0.3 is 0 Å². The standard InChI is InChI=1S/C9H17N/c1-7(2)10-8(3)9(4,5)6/h3H2,1-2,4-6H3. The zero-order valence-corrected chi connectivity index (χ0v) is 7.65. The minimum absolute atomic E-state index is 0.108. The van der Waals surface area contributed by atoms with Gasteiger partial charge in [-0.2, -0.15) is 0 Å². The molecule has 0 aromatic rings. The molecule has 0 radical (unpaired) electrons. The average Bonchev–Trinajstić information content (AvgIpc) is 1.60. The van der Waals surface area contributed by atoms with Gasteiger partial charge in [0.05, 0.1) is 0 Å². The maximum absolute atomic E-state index is 4.27. The Morgan fingerprint density at radius 2 is 1.60 bits per heavy atom. The molecule has 0 bridgehead atoms. The van der Waals surface area contributed by atoms with Crippen LogP contribution < -0.4 is 0 Å². The molecule has 0 heterocycles. The van der Waals surface area contributed by atoms with Gasteiger partial charge in [-0.15, -0.1) is 0 Å². The molecule has 0 N–H and O–H groups in total. The Bertz CT molecular complexity index is 154. The Morgan fingerprint density at radius 1 is 1.20 bits per heavy atom. The van der Waals surface area contributed by atoms with E-state index in [0.29, 0.717) is 0 Å². The zero-order valence-electron chi connectivity index (χ0n) is 7.65. The van der Waals surface area contributed by atoms with Crippen LogP contribution >= 0.6 is 0 Å². The third-order valence-electron chi connectivity index (χ3n) is 1.22. The van der Waals surface area contributed by atoms with Crippen molar-refractivity contribution in [1.82, 2.24) is 0 Å². The maximum Gasteiger partial charge on any atom is 0.0384 e. The van der Waals surface area contributed by atoms with Crippen molar-refractivity contribution in [3.63, 3.8) is 0 Å². The minimum atomic E-state index is 0.108. The molecule has 0 aliphatic carbocycles. The van der Waals surface area contributed by atoms with Crippen LogP contribution in [0.5, 0.6) is 0 Å². The summed E-state index contributed by atoms with van der Waals surface area (Å²) in [5, 5.41) is 0. The third kappa shape index (κ3) is 3.44. The Kier molecular flexibility index (Phi) is 2.82. The van der Waals surface area contributed by atoms with E-state index >= 15 is 0 Å². The Labute approximate surface area is 63.9 Å². The highest BCUT2D eigenvalue weighted by Gasteiger charge is 2.13. The van der Waals surface area contributed by atoms with Crippen LogP contribution in [0.2, 0.25) is 0 Å². The monoisotopic (exact) mass is 139 g/mol. The summed E-state index contributed by atoms with van der Waals surface area (Å²) in [6, 6.07) is 0. The van der Waals surface area contributed by atoms with E-state index in [1.807, 2.05) is 13.8 Å². The molecule has 0 unspecified atom stereocenters. The van der Waals surface area contributed by atoms with Crippen molar-refractivity contribution in [2.75, 3.05) is 0 Å². The first-order valence-corrected chi connectivity index (χ1v) is 3.55. The molecule has 0 saturated carbocycles. The van der Waals surface area contributed by atoms with E-state index in [0.717, 1.165) is 11.4 Å². The molecule has 0 aliphatic rings. The van der Waals surface area contributed by atoms with Crippen LogP contribution in [-0.4, -0.2) is 5.71 Å². The van der Waals surface area contributed by atoms with Crippen molar-refractivity contribution in [2.45, 2.75) is 34.6 Å². The van der Waals surface area contributed by atoms with Crippen molar-refractivity contribution in [2.24, 2.45) is 10.4 Å². The SMILES string of the molecule is C=C(N=C(C)C)C(C)(C)C. The molecule has 0 aromatic heterocycles. The molecule has 0 rings (SSSR count). The van der Waals surface area contributed by atoms with E-state index in [4.69, 9.17) is 0 Å². The first kappa shape index (κ1) is 9.41. The zero-order chi connectivity index (χ0) is 8.36. The average molecular weight is 139 g/mol. The van der Waals surface area contributed by atoms with Gasteiger partial charge in [-0.25, -0.2) is 0 Å². The third-order valence-corrected chi connectivity index (χ3v) is 1.22. The lowest BCUT2D eigenvalue weighted by atomic mass is 9.93. The van der Waals surface area contributed by atoms with Gasteiger partial charge < -0.3 is 0 Å². The summed E-state index contributed by atoms with van der Waals surface area (Å²) in [6.45, 7) is 14.2. The minimum Gasteiger partial charge on any atom is -0.263 e. The summed E-state index contributed by atoms with van der Waals surface area (Å²) in [4.78, 5) is 4.27. The second kappa shape index (κ2) is 3.00. The lowest BCUT2D eigenvalue weighted by Crippen LogP contribution is -2.07. The Morgan fingerprint density at radius 3 is 1.70 bits per heavy atom. The van der Waals surface area contributed by atoms with Gasteiger partial charge in [0.1, 0.15) is 0 Å². The summed E-state index contributed by atoms with van der Waals surface area (Å²) in [7, 11) is 0. The quantitative estimate of drug-likeness (QED) is 0.495. The van der Waals surface area contributed by atoms with Crippen LogP contribution in [-0.2, 0) is 0 Å². The molecule has 0 fully saturated rings. The molecule has 10 heavy (non-hydrogen) atoms. The van der Waals surface area contributed by atoms with E-state index in [1.165, 1.54) is 0 Å². The van der Waals surface area contributed by atoms with Crippen molar-refractivity contribution >= 4 is 5.71 Å². The van der Waals surface area contributed by atoms with Crippen molar-refractivity contribution in [3.05, 3.63) is 12.3 Å². The molecule has 58 valence electrons. The molecule has 0 aliphatic heterocycles. The summed E-state index contributed by atoms with van der Waals surface area (Å²) in [5.74, 6) is 0. The Balaban J connectivity index is 4.27. The van der Waals surface area contributed by atoms with Gasteiger partial charge in [-0.05, 0) is 13.8 Å². The predicted octanol–water partition coefficient (Wildman–Crippen LogP) is 3.03. The number of allylic oxidation sites excluding steroid dienone is 1. The molecule has 0 atom stereocenters. The van der Waals surface area contributed by atoms with Crippen LogP contribution in [0.4, 0.5) is 0 Å². The van der Waals surface area contributed by atoms with E-state index in [2.05, 4.69) is 32.3 Å². The summed E-state index contributed by atoms with van der Waals surface area (Å²) < 4.78 is 0. The van der Waals surface area contributed by atoms with Gasteiger partial charge in [-0.3, -0.25) is 4.99 Å². The normalized spacial score (nSPS) is 10.9. The number of hydrogen-bond donors (Lipinski definition) is 0. The molecule has 0 spiro atoms. The first-order chi connectivity index (χ1) is 4.34. The molecule has 1 nitrogen and oxygen atoms in total. The van der Waals surface area contributed by atoms with E-state index < -0.39 is 0 Å². The second-order valence-electron chi connectivity index (χ2n) is 3.76. The van der Waals surface area contributed by atoms with Crippen LogP contribution in [0.15, 0.2) is 17.3 Å². The van der Waals surface area contributed by atoms with Crippen LogP contribution in [0, 0.1) is 5.41 Å². The fourth-order valence-electron chi connectivity index (χ4n) is 0.438. The highest BCUT2D eigenvalue weighted by molar-refractivity contribution is 5.80. The summed E-state index contributed by atoms with van der Waals surface area (Å²) >= 11 is 0. The van der Waals surface area contributed by atoms with Crippen LogP contribution in [0.25, 0.3) is 0 Å². The highest BCUT2D eigenvalue weighted by Crippen LogP contribution is 2.24. The van der Waals surface area contributed by atoms with Crippen LogP contribution in [0.3, 0.4) is 0 Å². The van der Waals surface area contributed by atoms with Gasteiger partial charge in [0.25, 0.3) is 0 Å². The molecular formula is C9H17N. The first-order valence-electron chi connectivity index (χ1n) is 3.55. The number of nitrogens with zero attached hydrogens (tertiary/aromatic N) is 1. The van der Waals surface area contributed by atoms with Crippen molar-refractivity contribution in [3.8, 4) is 0 Å². The van der Waals surface area contributed by atoms with E-state index in [-0.39, 0.29) is 5.41 Å². The van der Waals surface area contributed by atoms with Gasteiger partial charge in [-0.1, -0.05) is 27.4 Å². The molecule has 0 amide bonds. The number of rotatable bonds is 1. The highest BCUT2D eigenvalue weighted by atomic mass is 14.8. The lowest BCUT2D eigenvalue weighted by molar-refractivity contribution is 0.500. The number of aliphatic imine (C=N–C) groups is 1. The van der Waals surface area contributed by atoms with Crippen molar-refractivity contribution in [1.29, 1.82) is 0 Å². The summed E-state index contributed by atoms with van der Waals surface area (Å²) in [5.41, 5.74) is 2.13. The molecule has 1 heteroatoms. The lowest BCUT2D eigenvalue weighted by Gasteiger charge is -2.17.